The number of carbonyl (C=O) groups excluding carboxylic acids is 2. The van der Waals surface area contributed by atoms with Gasteiger partial charge in [0, 0.05) is 11.6 Å². The number of nitrogens with one attached hydrogen (secondary N) is 2. The first kappa shape index (κ1) is 14.6. The molecule has 4 heteroatoms. The third kappa shape index (κ3) is 4.08. The predicted octanol–water partition coefficient (Wildman–Crippen LogP) is 2.25. The molecule has 1 aromatic rings. The first-order chi connectivity index (χ1) is 9.66. The quantitative estimate of drug-likeness (QED) is 0.884. The monoisotopic (exact) mass is 274 g/mol. The van der Waals surface area contributed by atoms with E-state index in [0.717, 1.165) is 12.8 Å². The van der Waals surface area contributed by atoms with E-state index in [1.165, 1.54) is 19.3 Å². The molecule has 4 nitrogen and oxygen atoms in total. The maximum atomic E-state index is 12.1. The van der Waals surface area contributed by atoms with Gasteiger partial charge in [-0.25, -0.2) is 0 Å². The van der Waals surface area contributed by atoms with Crippen LogP contribution in [-0.4, -0.2) is 23.9 Å². The molecule has 1 saturated carbocycles. The normalized spacial score (nSPS) is 17.2. The molecule has 1 aliphatic carbocycles. The van der Waals surface area contributed by atoms with Crippen LogP contribution in [0, 0.1) is 0 Å². The van der Waals surface area contributed by atoms with Gasteiger partial charge in [-0.05, 0) is 31.9 Å². The molecule has 2 amide bonds. The summed E-state index contributed by atoms with van der Waals surface area (Å²) in [5.74, 6) is -0.307. The molecule has 2 rings (SSSR count). The minimum atomic E-state index is -0.510. The van der Waals surface area contributed by atoms with Crippen molar-refractivity contribution >= 4 is 11.8 Å². The molecule has 0 saturated heterocycles. The summed E-state index contributed by atoms with van der Waals surface area (Å²) in [6.45, 7) is 1.72. The second-order valence-corrected chi connectivity index (χ2v) is 5.40. The van der Waals surface area contributed by atoms with Crippen LogP contribution in [0.5, 0.6) is 0 Å². The minimum Gasteiger partial charge on any atom is -0.352 e. The molecule has 0 aliphatic heterocycles. The SMILES string of the molecule is C[C@H](NC(=O)c1ccccc1)C(=O)NC1CCCCC1. The van der Waals surface area contributed by atoms with Gasteiger partial charge in [-0.3, -0.25) is 9.59 Å². The van der Waals surface area contributed by atoms with Crippen LogP contribution < -0.4 is 10.6 Å². The molecule has 0 spiro atoms. The van der Waals surface area contributed by atoms with Gasteiger partial charge in [0.1, 0.15) is 6.04 Å². The Morgan fingerprint density at radius 3 is 2.40 bits per heavy atom. The standard InChI is InChI=1S/C16H22N2O2/c1-12(15(19)18-14-10-6-3-7-11-14)17-16(20)13-8-4-2-5-9-13/h2,4-5,8-9,12,14H,3,6-7,10-11H2,1H3,(H,17,20)(H,18,19)/t12-/m0/s1. The first-order valence-corrected chi connectivity index (χ1v) is 7.33. The summed E-state index contributed by atoms with van der Waals surface area (Å²) in [5.41, 5.74) is 0.574. The molecule has 0 aromatic heterocycles. The minimum absolute atomic E-state index is 0.0961. The van der Waals surface area contributed by atoms with Crippen molar-refractivity contribution in [3.63, 3.8) is 0 Å². The lowest BCUT2D eigenvalue weighted by atomic mass is 9.95. The zero-order valence-electron chi connectivity index (χ0n) is 11.9. The van der Waals surface area contributed by atoms with Crippen LogP contribution in [0.2, 0.25) is 0 Å². The molecule has 0 radical (unpaired) electrons. The highest BCUT2D eigenvalue weighted by Crippen LogP contribution is 2.17. The second-order valence-electron chi connectivity index (χ2n) is 5.40. The molecule has 0 bridgehead atoms. The van der Waals surface area contributed by atoms with Crippen LogP contribution in [0.1, 0.15) is 49.4 Å². The van der Waals surface area contributed by atoms with E-state index in [1.807, 2.05) is 18.2 Å². The summed E-state index contributed by atoms with van der Waals surface area (Å²) < 4.78 is 0. The van der Waals surface area contributed by atoms with Gasteiger partial charge in [-0.15, -0.1) is 0 Å². The first-order valence-electron chi connectivity index (χ1n) is 7.33. The van der Waals surface area contributed by atoms with Crippen molar-refractivity contribution in [2.45, 2.75) is 51.1 Å². The van der Waals surface area contributed by atoms with Crippen LogP contribution in [0.25, 0.3) is 0 Å². The van der Waals surface area contributed by atoms with Gasteiger partial charge in [-0.2, -0.15) is 0 Å². The van der Waals surface area contributed by atoms with Gasteiger partial charge in [-0.1, -0.05) is 37.5 Å². The number of carbonyl (C=O) groups is 2. The number of amides is 2. The summed E-state index contributed by atoms with van der Waals surface area (Å²) in [4.78, 5) is 24.0. The van der Waals surface area contributed by atoms with Crippen molar-refractivity contribution < 1.29 is 9.59 Å². The molecule has 1 atom stereocenters. The van der Waals surface area contributed by atoms with Crippen molar-refractivity contribution in [2.75, 3.05) is 0 Å². The molecule has 20 heavy (non-hydrogen) atoms. The Bertz CT molecular complexity index is 453. The van der Waals surface area contributed by atoms with Gasteiger partial charge in [0.15, 0.2) is 0 Å². The van der Waals surface area contributed by atoms with Gasteiger partial charge in [0.05, 0.1) is 0 Å². The van der Waals surface area contributed by atoms with E-state index in [1.54, 1.807) is 19.1 Å². The zero-order chi connectivity index (χ0) is 14.4. The fourth-order valence-corrected chi connectivity index (χ4v) is 2.51. The van der Waals surface area contributed by atoms with Crippen molar-refractivity contribution in [1.82, 2.24) is 10.6 Å². The average Bonchev–Trinajstić information content (AvgIpc) is 2.49. The maximum absolute atomic E-state index is 12.1. The highest BCUT2D eigenvalue weighted by atomic mass is 16.2. The highest BCUT2D eigenvalue weighted by Gasteiger charge is 2.21. The molecule has 1 aliphatic rings. The Morgan fingerprint density at radius 1 is 1.10 bits per heavy atom. The Balaban J connectivity index is 1.83. The fourth-order valence-electron chi connectivity index (χ4n) is 2.51. The number of benzene rings is 1. The average molecular weight is 274 g/mol. The Hall–Kier alpha value is -1.84. The Labute approximate surface area is 119 Å². The largest absolute Gasteiger partial charge is 0.352 e. The maximum Gasteiger partial charge on any atom is 0.251 e. The Kier molecular flexibility index (Phi) is 5.16. The molecule has 1 fully saturated rings. The lowest BCUT2D eigenvalue weighted by Gasteiger charge is -2.24. The van der Waals surface area contributed by atoms with Crippen LogP contribution >= 0.6 is 0 Å². The molecule has 1 aromatic carbocycles. The Morgan fingerprint density at radius 2 is 1.75 bits per heavy atom. The van der Waals surface area contributed by atoms with E-state index >= 15 is 0 Å². The van der Waals surface area contributed by atoms with Crippen LogP contribution in [-0.2, 0) is 4.79 Å². The predicted molar refractivity (Wildman–Crippen MR) is 78.4 cm³/mol. The molecule has 0 heterocycles. The third-order valence-electron chi connectivity index (χ3n) is 3.73. The third-order valence-corrected chi connectivity index (χ3v) is 3.73. The highest BCUT2D eigenvalue weighted by molar-refractivity contribution is 5.97. The summed E-state index contributed by atoms with van der Waals surface area (Å²) in [5, 5.41) is 5.76. The van der Waals surface area contributed by atoms with Crippen molar-refractivity contribution in [2.24, 2.45) is 0 Å². The summed E-state index contributed by atoms with van der Waals surface area (Å²) in [6.07, 6.45) is 5.70. The van der Waals surface area contributed by atoms with Gasteiger partial charge in [0.25, 0.3) is 5.91 Å². The number of hydrogen-bond acceptors (Lipinski definition) is 2. The van der Waals surface area contributed by atoms with E-state index < -0.39 is 6.04 Å². The van der Waals surface area contributed by atoms with Gasteiger partial charge >= 0.3 is 0 Å². The zero-order valence-corrected chi connectivity index (χ0v) is 11.9. The van der Waals surface area contributed by atoms with E-state index in [9.17, 15) is 9.59 Å². The molecule has 0 unspecified atom stereocenters. The van der Waals surface area contributed by atoms with E-state index in [2.05, 4.69) is 10.6 Å². The van der Waals surface area contributed by atoms with Gasteiger partial charge < -0.3 is 10.6 Å². The smallest absolute Gasteiger partial charge is 0.251 e. The molecular weight excluding hydrogens is 252 g/mol. The van der Waals surface area contributed by atoms with E-state index in [-0.39, 0.29) is 17.9 Å². The second kappa shape index (κ2) is 7.08. The van der Waals surface area contributed by atoms with Crippen LogP contribution in [0.15, 0.2) is 30.3 Å². The van der Waals surface area contributed by atoms with Crippen LogP contribution in [0.4, 0.5) is 0 Å². The topological polar surface area (TPSA) is 58.2 Å². The van der Waals surface area contributed by atoms with Crippen molar-refractivity contribution in [1.29, 1.82) is 0 Å². The molecular formula is C16H22N2O2. The van der Waals surface area contributed by atoms with Crippen molar-refractivity contribution in [3.05, 3.63) is 35.9 Å². The number of hydrogen-bond donors (Lipinski definition) is 2. The van der Waals surface area contributed by atoms with E-state index in [0.29, 0.717) is 5.56 Å². The summed E-state index contributed by atoms with van der Waals surface area (Å²) in [6, 6.07) is 8.71. The van der Waals surface area contributed by atoms with Crippen molar-refractivity contribution in [3.8, 4) is 0 Å². The fraction of sp³-hybridized carbons (Fsp3) is 0.500. The van der Waals surface area contributed by atoms with Crippen LogP contribution in [0.3, 0.4) is 0 Å². The lowest BCUT2D eigenvalue weighted by Crippen LogP contribution is -2.48. The van der Waals surface area contributed by atoms with E-state index in [4.69, 9.17) is 0 Å². The molecule has 108 valence electrons. The lowest BCUT2D eigenvalue weighted by molar-refractivity contribution is -0.123. The summed E-state index contributed by atoms with van der Waals surface area (Å²) in [7, 11) is 0. The summed E-state index contributed by atoms with van der Waals surface area (Å²) >= 11 is 0. The number of rotatable bonds is 4. The van der Waals surface area contributed by atoms with Gasteiger partial charge in [0.2, 0.25) is 5.91 Å². The molecule has 2 N–H and O–H groups in total.